The predicted molar refractivity (Wildman–Crippen MR) is 231 cm³/mol. The van der Waals surface area contributed by atoms with Gasteiger partial charge < -0.3 is 24.8 Å². The van der Waals surface area contributed by atoms with Crippen molar-refractivity contribution >= 4 is 27.0 Å². The summed E-state index contributed by atoms with van der Waals surface area (Å²) in [5.74, 6) is 1.37. The first-order chi connectivity index (χ1) is 24.3. The molecule has 0 unspecified atom stereocenters. The van der Waals surface area contributed by atoms with Crippen LogP contribution in [0.25, 0.3) is 43.8 Å². The van der Waals surface area contributed by atoms with E-state index in [-0.39, 0.29) is 41.1 Å². The van der Waals surface area contributed by atoms with E-state index in [1.165, 1.54) is 77.2 Å². The molecule has 6 aromatic carbocycles. The van der Waals surface area contributed by atoms with Crippen molar-refractivity contribution < 1.29 is 48.1 Å². The number of halogens is 2. The van der Waals surface area contributed by atoms with Gasteiger partial charge in [0.25, 0.3) is 0 Å². The molecule has 0 N–H and O–H groups in total. The molecule has 0 fully saturated rings. The molecule has 0 radical (unpaired) electrons. The molecule has 0 saturated carbocycles. The van der Waals surface area contributed by atoms with Crippen LogP contribution >= 0.6 is 0 Å². The van der Waals surface area contributed by atoms with Crippen molar-refractivity contribution in [1.82, 2.24) is 0 Å². The van der Waals surface area contributed by atoms with E-state index in [1.807, 2.05) is 0 Å². The van der Waals surface area contributed by atoms with Crippen LogP contribution in [0.1, 0.15) is 103 Å². The smallest absolute Gasteiger partial charge is 0.0142 e. The molecule has 6 rings (SSSR count). The molecule has 0 aromatic heterocycles. The van der Waals surface area contributed by atoms with Crippen molar-refractivity contribution in [1.29, 1.82) is 0 Å². The van der Waals surface area contributed by atoms with E-state index >= 15 is 0 Å². The van der Waals surface area contributed by atoms with Crippen molar-refractivity contribution in [2.24, 2.45) is 11.8 Å². The van der Waals surface area contributed by atoms with Gasteiger partial charge in [0.2, 0.25) is 0 Å². The normalized spacial score (nSPS) is 11.4. The van der Waals surface area contributed by atoms with E-state index in [1.54, 1.807) is 23.3 Å². The maximum Gasteiger partial charge on any atom is -0.0142 e. The largest absolute Gasteiger partial charge is 1.00 e. The van der Waals surface area contributed by atoms with Gasteiger partial charge in [0.15, 0.2) is 0 Å². The second-order valence-corrected chi connectivity index (χ2v) is 27.4. The van der Waals surface area contributed by atoms with E-state index in [9.17, 15) is 0 Å². The molecule has 0 nitrogen and oxygen atoms in total. The van der Waals surface area contributed by atoms with Gasteiger partial charge in [0.05, 0.1) is 0 Å². The Morgan fingerprint density at radius 1 is 0.556 bits per heavy atom. The molecule has 0 amide bonds. The molecule has 54 heavy (non-hydrogen) atoms. The zero-order valence-corrected chi connectivity index (χ0v) is 40.5. The summed E-state index contributed by atoms with van der Waals surface area (Å²) in [6.45, 7) is 32.1. The molecule has 0 bridgehead atoms. The van der Waals surface area contributed by atoms with E-state index in [4.69, 9.17) is 0 Å². The fourth-order valence-corrected chi connectivity index (χ4v) is 7.40. The summed E-state index contributed by atoms with van der Waals surface area (Å²) < 4.78 is 0. The Morgan fingerprint density at radius 3 is 1.15 bits per heavy atom. The Balaban J connectivity index is 0.000000329. The predicted octanol–water partition coefficient (Wildman–Crippen LogP) is 8.85. The van der Waals surface area contributed by atoms with E-state index in [0.29, 0.717) is 11.8 Å². The Kier molecular flexibility index (Phi) is 18.0. The molecule has 0 aliphatic rings. The van der Waals surface area contributed by atoms with E-state index in [2.05, 4.69) is 193 Å². The fraction of sp³-hybridized carbons (Fsp3) is 0.400. The van der Waals surface area contributed by atoms with Crippen LogP contribution in [-0.4, -0.2) is 5.43 Å². The van der Waals surface area contributed by atoms with Gasteiger partial charge in [0, 0.05) is 0 Å². The van der Waals surface area contributed by atoms with Crippen LogP contribution < -0.4 is 24.8 Å². The van der Waals surface area contributed by atoms with Crippen molar-refractivity contribution in [3.05, 3.63) is 130 Å². The van der Waals surface area contributed by atoms with Crippen LogP contribution in [0.5, 0.6) is 0 Å². The first kappa shape index (κ1) is 47.9. The van der Waals surface area contributed by atoms with Gasteiger partial charge in [0.1, 0.15) is 0 Å². The summed E-state index contributed by atoms with van der Waals surface area (Å²) in [5, 5.41) is 5.56. The number of benzene rings is 4. The number of hydrogen-bond donors (Lipinski definition) is 0. The summed E-state index contributed by atoms with van der Waals surface area (Å²) in [6.07, 6.45) is 2.29. The minimum atomic E-state index is 0. The van der Waals surface area contributed by atoms with Crippen molar-refractivity contribution in [2.75, 3.05) is 0 Å². The summed E-state index contributed by atoms with van der Waals surface area (Å²) in [7, 11) is 0. The van der Waals surface area contributed by atoms with Gasteiger partial charge >= 0.3 is 41.9 Å². The second-order valence-electron chi connectivity index (χ2n) is 18.0. The van der Waals surface area contributed by atoms with Gasteiger partial charge in [-0.3, -0.25) is 0 Å². The van der Waals surface area contributed by atoms with Crippen molar-refractivity contribution in [3.8, 4) is 22.3 Å². The number of hydrogen-bond acceptors (Lipinski definition) is 0. The van der Waals surface area contributed by atoms with Crippen LogP contribution in [-0.2, 0) is 47.0 Å². The Hall–Kier alpha value is -2.22. The number of fused-ring (bicyclic) bond motifs is 2. The summed E-state index contributed by atoms with van der Waals surface area (Å²) in [5.41, 5.74) is 14.5. The standard InChI is InChI=1S/2C24H29.C2H6Si.2ClH.Zr/c2*1-16(2)13-18-14-19-11-12-22(24(4,5)6)23(21(19)15-18)20-10-8-7-9-17(20)3;1-3-2;;;/h2*7-12,14-16H,13H2,1-6H3;1-2H3;2*1H;/q2*-1;;;;+2/p-2. The van der Waals surface area contributed by atoms with Crippen LogP contribution in [0.2, 0.25) is 13.1 Å². The third kappa shape index (κ3) is 12.4. The van der Waals surface area contributed by atoms with Crippen LogP contribution in [0, 0.1) is 25.7 Å². The molecule has 288 valence electrons. The first-order valence-electron chi connectivity index (χ1n) is 19.4. The average molecular weight is 855 g/mol. The van der Waals surface area contributed by atoms with Gasteiger partial charge in [-0.1, -0.05) is 140 Å². The molecular formula is C50H64Cl2SiZr-2. The molecule has 0 saturated heterocycles. The Morgan fingerprint density at radius 2 is 0.870 bits per heavy atom. The number of aryl methyl sites for hydroxylation is 2. The molecule has 0 heterocycles. The van der Waals surface area contributed by atoms with Crippen LogP contribution in [0.3, 0.4) is 0 Å². The Labute approximate surface area is 356 Å². The molecule has 0 atom stereocenters. The van der Waals surface area contributed by atoms with Crippen molar-refractivity contribution in [3.63, 3.8) is 0 Å². The van der Waals surface area contributed by atoms with E-state index in [0.717, 1.165) is 12.8 Å². The monoisotopic (exact) mass is 852 g/mol. The zero-order valence-electron chi connectivity index (χ0n) is 35.6. The molecule has 6 aromatic rings. The quantitative estimate of drug-likeness (QED) is 0.116. The van der Waals surface area contributed by atoms with Gasteiger partial charge in [-0.15, -0.1) is 69.1 Å². The molecular weight excluding hydrogens is 791 g/mol. The fourth-order valence-electron chi connectivity index (χ4n) is 7.40. The third-order valence-corrected chi connectivity index (χ3v) is 9.63. The maximum atomic E-state index is 2.42. The summed E-state index contributed by atoms with van der Waals surface area (Å²) >= 11 is 1.74. The topological polar surface area (TPSA) is 0 Å². The Bertz CT molecular complexity index is 1980. The second kappa shape index (κ2) is 20.3. The summed E-state index contributed by atoms with van der Waals surface area (Å²) in [4.78, 5) is 0. The minimum absolute atomic E-state index is 0. The maximum absolute atomic E-state index is 2.42. The molecule has 0 aliphatic carbocycles. The minimum Gasteiger partial charge on any atom is -1.00 e. The van der Waals surface area contributed by atoms with Gasteiger partial charge in [-0.25, -0.2) is 0 Å². The van der Waals surface area contributed by atoms with Crippen molar-refractivity contribution in [2.45, 2.75) is 120 Å². The van der Waals surface area contributed by atoms with Crippen LogP contribution in [0.4, 0.5) is 0 Å². The third-order valence-electron chi connectivity index (χ3n) is 9.63. The first-order valence-corrected chi connectivity index (χ1v) is 25.6. The SMILES string of the molecule is C[Si](C)=[Zr+2].Cc1ccccc1-c1c(C(C)(C)C)ccc2[cH-]c(CC(C)C)cc12.Cc1ccccc1-c1c(C(C)(C)C)ccc2[cH-]c(CC(C)C)cc12.[Cl-].[Cl-]. The van der Waals surface area contributed by atoms with Crippen LogP contribution in [0.15, 0.2) is 97.1 Å². The molecule has 0 aliphatic heterocycles. The molecule has 0 spiro atoms. The van der Waals surface area contributed by atoms with Gasteiger partial charge in [-0.05, 0) is 71.6 Å². The average Bonchev–Trinajstić information content (AvgIpc) is 3.62. The number of rotatable bonds is 6. The summed E-state index contributed by atoms with van der Waals surface area (Å²) in [6, 6.07) is 36.5. The molecule has 4 heteroatoms. The van der Waals surface area contributed by atoms with Gasteiger partial charge in [-0.2, -0.15) is 12.1 Å². The zero-order chi connectivity index (χ0) is 38.5. The van der Waals surface area contributed by atoms with E-state index < -0.39 is 0 Å².